The zero-order valence-electron chi connectivity index (χ0n) is 22.3. The lowest BCUT2D eigenvalue weighted by atomic mass is 9.98. The fourth-order valence-electron chi connectivity index (χ4n) is 5.60. The van der Waals surface area contributed by atoms with Crippen LogP contribution in [0.5, 0.6) is 11.5 Å². The Morgan fingerprint density at radius 3 is 2.71 bits per heavy atom. The van der Waals surface area contributed by atoms with Gasteiger partial charge < -0.3 is 25.4 Å². The number of urea groups is 1. The summed E-state index contributed by atoms with van der Waals surface area (Å²) in [5.41, 5.74) is 2.98. The molecule has 41 heavy (non-hydrogen) atoms. The van der Waals surface area contributed by atoms with Crippen LogP contribution in [0.3, 0.4) is 0 Å². The minimum atomic E-state index is -0.754. The predicted molar refractivity (Wildman–Crippen MR) is 154 cm³/mol. The molecule has 3 aliphatic heterocycles. The highest BCUT2D eigenvalue weighted by Crippen LogP contribution is 2.51. The molecule has 0 aliphatic carbocycles. The Morgan fingerprint density at radius 1 is 1.15 bits per heavy atom. The Balaban J connectivity index is 1.23. The van der Waals surface area contributed by atoms with Crippen LogP contribution in [0.15, 0.2) is 78.5 Å². The first-order chi connectivity index (χ1) is 19.8. The van der Waals surface area contributed by atoms with Crippen molar-refractivity contribution in [3.05, 3.63) is 84.6 Å². The lowest BCUT2D eigenvalue weighted by molar-refractivity contribution is -0.131. The summed E-state index contributed by atoms with van der Waals surface area (Å²) in [4.78, 5) is 46.8. The number of para-hydroxylation sites is 1. The third-order valence-electron chi connectivity index (χ3n) is 7.41. The maximum Gasteiger partial charge on any atom is 0.327 e. The van der Waals surface area contributed by atoms with Gasteiger partial charge in [0.1, 0.15) is 21.8 Å². The lowest BCUT2D eigenvalue weighted by Crippen LogP contribution is -2.56. The van der Waals surface area contributed by atoms with Crippen molar-refractivity contribution in [1.29, 1.82) is 0 Å². The number of thioether (sulfide) groups is 1. The number of β-amino-alcohol motifs (C(OH)–C–C–N with tert-alkyl or cyclic N) is 1. The maximum atomic E-state index is 13.6. The number of nitrogens with zero attached hydrogens (tertiary/aromatic N) is 3. The number of amides is 4. The Labute approximate surface area is 241 Å². The molecular formula is C30H29N5O5S. The topological polar surface area (TPSA) is 124 Å². The average molecular weight is 572 g/mol. The SMILES string of the molecule is C=CC(=O)N1C[C@H](O)C[C@@H](NC(=O)C2Sc3nccc4c3C2NC(=O)N4c2ccc(Oc3ccccc3)cc2C)C1. The monoisotopic (exact) mass is 571 g/mol. The molecule has 4 atom stereocenters. The summed E-state index contributed by atoms with van der Waals surface area (Å²) in [6.45, 7) is 5.89. The number of pyridine rings is 1. The number of carbonyl (C=O) groups excluding carboxylic acids is 3. The minimum Gasteiger partial charge on any atom is -0.457 e. The van der Waals surface area contributed by atoms with Crippen molar-refractivity contribution < 1.29 is 24.2 Å². The van der Waals surface area contributed by atoms with E-state index < -0.39 is 23.4 Å². The lowest BCUT2D eigenvalue weighted by Gasteiger charge is -2.37. The van der Waals surface area contributed by atoms with Gasteiger partial charge in [-0.25, -0.2) is 9.78 Å². The van der Waals surface area contributed by atoms with E-state index in [0.29, 0.717) is 34.3 Å². The summed E-state index contributed by atoms with van der Waals surface area (Å²) in [5, 5.41) is 16.3. The molecule has 0 radical (unpaired) electrons. The molecule has 0 spiro atoms. The molecule has 3 aliphatic rings. The standard InChI is InChI=1S/C30H29N5O5S/c1-3-24(37)34-15-18(14-19(36)16-34)32-28(38)27-26-25-23(11-12-31-29(25)41-27)35(30(39)33-26)22-10-9-21(13-17(22)2)40-20-7-5-4-6-8-20/h3-13,18-19,26-27,36H,1,14-16H2,2H3,(H,32,38)(H,33,39)/t18-,19-,26?,27?/m1/s1. The zero-order valence-corrected chi connectivity index (χ0v) is 23.1. The summed E-state index contributed by atoms with van der Waals surface area (Å²) in [7, 11) is 0. The van der Waals surface area contributed by atoms with Crippen molar-refractivity contribution in [1.82, 2.24) is 20.5 Å². The Morgan fingerprint density at radius 2 is 1.95 bits per heavy atom. The van der Waals surface area contributed by atoms with Gasteiger partial charge in [0.05, 0.1) is 23.5 Å². The maximum absolute atomic E-state index is 13.6. The molecule has 1 saturated heterocycles. The first kappa shape index (κ1) is 26.9. The number of aliphatic hydroxyl groups excluding tert-OH is 1. The van der Waals surface area contributed by atoms with Gasteiger partial charge in [0.2, 0.25) is 11.8 Å². The van der Waals surface area contributed by atoms with E-state index in [2.05, 4.69) is 22.2 Å². The van der Waals surface area contributed by atoms with Gasteiger partial charge in [-0.2, -0.15) is 0 Å². The van der Waals surface area contributed by atoms with E-state index in [1.165, 1.54) is 22.7 Å². The van der Waals surface area contributed by atoms with Crippen molar-refractivity contribution >= 4 is 41.0 Å². The van der Waals surface area contributed by atoms with Crippen molar-refractivity contribution in [2.24, 2.45) is 0 Å². The normalized spacial score (nSPS) is 22.9. The van der Waals surface area contributed by atoms with Crippen molar-refractivity contribution in [2.75, 3.05) is 18.0 Å². The van der Waals surface area contributed by atoms with Crippen LogP contribution in [0.2, 0.25) is 0 Å². The summed E-state index contributed by atoms with van der Waals surface area (Å²) < 4.78 is 5.96. The minimum absolute atomic E-state index is 0.196. The van der Waals surface area contributed by atoms with E-state index in [1.54, 1.807) is 17.2 Å². The van der Waals surface area contributed by atoms with Crippen molar-refractivity contribution in [3.8, 4) is 11.5 Å². The second-order valence-corrected chi connectivity index (χ2v) is 11.4. The number of nitrogens with one attached hydrogen (secondary N) is 2. The van der Waals surface area contributed by atoms with Gasteiger partial charge in [-0.3, -0.25) is 14.5 Å². The Hall–Kier alpha value is -4.35. The molecule has 0 bridgehead atoms. The smallest absolute Gasteiger partial charge is 0.327 e. The fourth-order valence-corrected chi connectivity index (χ4v) is 6.84. The molecule has 1 fully saturated rings. The number of carbonyl (C=O) groups is 3. The van der Waals surface area contributed by atoms with E-state index in [4.69, 9.17) is 4.74 Å². The summed E-state index contributed by atoms with van der Waals surface area (Å²) in [5.74, 6) is 0.783. The predicted octanol–water partition coefficient (Wildman–Crippen LogP) is 3.82. The van der Waals surface area contributed by atoms with E-state index in [-0.39, 0.29) is 30.9 Å². The van der Waals surface area contributed by atoms with Gasteiger partial charge in [0.15, 0.2) is 0 Å². The van der Waals surface area contributed by atoms with E-state index in [9.17, 15) is 19.5 Å². The number of aliphatic hydroxyl groups is 1. The van der Waals surface area contributed by atoms with Gasteiger partial charge in [-0.15, -0.1) is 0 Å². The molecule has 2 aromatic carbocycles. The average Bonchev–Trinajstić information content (AvgIpc) is 3.33. The largest absolute Gasteiger partial charge is 0.457 e. The van der Waals surface area contributed by atoms with Crippen LogP contribution in [0.1, 0.15) is 23.6 Å². The number of anilines is 2. The van der Waals surface area contributed by atoms with Crippen LogP contribution in [-0.4, -0.2) is 63.3 Å². The van der Waals surface area contributed by atoms with Crippen molar-refractivity contribution in [3.63, 3.8) is 0 Å². The highest BCUT2D eigenvalue weighted by atomic mass is 32.2. The van der Waals surface area contributed by atoms with Crippen LogP contribution in [0.25, 0.3) is 0 Å². The summed E-state index contributed by atoms with van der Waals surface area (Å²) in [6, 6.07) is 15.4. The number of ether oxygens (including phenoxy) is 1. The van der Waals surface area contributed by atoms with E-state index >= 15 is 0 Å². The zero-order chi connectivity index (χ0) is 28.7. The van der Waals surface area contributed by atoms with E-state index in [0.717, 1.165) is 11.1 Å². The molecule has 4 amide bonds. The van der Waals surface area contributed by atoms with Crippen LogP contribution in [-0.2, 0) is 9.59 Å². The third-order valence-corrected chi connectivity index (χ3v) is 8.70. The number of piperidine rings is 1. The second-order valence-electron chi connectivity index (χ2n) is 10.3. The fraction of sp³-hybridized carbons (Fsp3) is 0.267. The number of aryl methyl sites for hydroxylation is 1. The number of hydrogen-bond donors (Lipinski definition) is 3. The number of aromatic nitrogens is 1. The van der Waals surface area contributed by atoms with Gasteiger partial charge in [-0.1, -0.05) is 36.5 Å². The second kappa shape index (κ2) is 10.9. The first-order valence-corrected chi connectivity index (χ1v) is 14.2. The van der Waals surface area contributed by atoms with Crippen LogP contribution in [0, 0.1) is 6.92 Å². The van der Waals surface area contributed by atoms with Gasteiger partial charge in [-0.05, 0) is 61.4 Å². The Kier molecular flexibility index (Phi) is 7.14. The summed E-state index contributed by atoms with van der Waals surface area (Å²) in [6.07, 6.45) is 2.41. The van der Waals surface area contributed by atoms with E-state index in [1.807, 2.05) is 55.5 Å². The molecule has 10 nitrogen and oxygen atoms in total. The van der Waals surface area contributed by atoms with Gasteiger partial charge >= 0.3 is 6.03 Å². The molecule has 210 valence electrons. The highest BCUT2D eigenvalue weighted by molar-refractivity contribution is 8.01. The third kappa shape index (κ3) is 5.14. The van der Waals surface area contributed by atoms with Crippen LogP contribution < -0.4 is 20.3 Å². The van der Waals surface area contributed by atoms with Crippen LogP contribution >= 0.6 is 11.8 Å². The molecule has 3 N–H and O–H groups in total. The Bertz CT molecular complexity index is 1530. The molecule has 6 rings (SSSR count). The van der Waals surface area contributed by atoms with Crippen LogP contribution in [0.4, 0.5) is 16.2 Å². The molecule has 4 heterocycles. The molecule has 1 aromatic heterocycles. The van der Waals surface area contributed by atoms with Gasteiger partial charge in [0.25, 0.3) is 0 Å². The molecular weight excluding hydrogens is 542 g/mol. The van der Waals surface area contributed by atoms with Crippen molar-refractivity contribution in [2.45, 2.75) is 41.8 Å². The molecule has 11 heteroatoms. The number of benzene rings is 2. The molecule has 0 saturated carbocycles. The van der Waals surface area contributed by atoms with Gasteiger partial charge in [0, 0.05) is 30.9 Å². The number of hydrogen-bond acceptors (Lipinski definition) is 7. The molecule has 3 aromatic rings. The first-order valence-electron chi connectivity index (χ1n) is 13.3. The summed E-state index contributed by atoms with van der Waals surface area (Å²) >= 11 is 1.30. The number of likely N-dealkylation sites (tertiary alicyclic amines) is 1. The highest BCUT2D eigenvalue weighted by Gasteiger charge is 2.47. The molecule has 2 unspecified atom stereocenters. The number of rotatable bonds is 6. The quantitative estimate of drug-likeness (QED) is 0.384.